The van der Waals surface area contributed by atoms with Crippen molar-refractivity contribution in [3.63, 3.8) is 0 Å². The van der Waals surface area contributed by atoms with Crippen LogP contribution in [0.1, 0.15) is 19.3 Å². The molecular weight excluding hydrogens is 212 g/mol. The summed E-state index contributed by atoms with van der Waals surface area (Å²) in [6.07, 6.45) is 5.45. The lowest BCUT2D eigenvalue weighted by molar-refractivity contribution is 0.574. The van der Waals surface area contributed by atoms with Crippen LogP contribution < -0.4 is 10.6 Å². The van der Waals surface area contributed by atoms with Crippen LogP contribution >= 0.6 is 0 Å². The van der Waals surface area contributed by atoms with E-state index >= 15 is 0 Å². The van der Waals surface area contributed by atoms with E-state index in [4.69, 9.17) is 5.73 Å². The average Bonchev–Trinajstić information content (AvgIpc) is 2.39. The Hall–Kier alpha value is -1.84. The zero-order valence-electron chi connectivity index (χ0n) is 9.76. The van der Waals surface area contributed by atoms with Crippen LogP contribution in [0.25, 0.3) is 10.9 Å². The number of fused-ring (bicyclic) bond motifs is 1. The van der Waals surface area contributed by atoms with Gasteiger partial charge in [-0.3, -0.25) is 0 Å². The largest absolute Gasteiger partial charge is 0.399 e. The van der Waals surface area contributed by atoms with Crippen molar-refractivity contribution in [1.82, 2.24) is 9.97 Å². The van der Waals surface area contributed by atoms with Gasteiger partial charge in [0.05, 0.1) is 5.52 Å². The third-order valence-corrected chi connectivity index (χ3v) is 3.29. The normalized spacial score (nSPS) is 16.4. The number of nitrogen functional groups attached to an aromatic ring is 1. The monoisotopic (exact) mass is 228 g/mol. The van der Waals surface area contributed by atoms with Crippen molar-refractivity contribution in [3.8, 4) is 0 Å². The van der Waals surface area contributed by atoms with Gasteiger partial charge in [-0.2, -0.15) is 0 Å². The Morgan fingerprint density at radius 1 is 1.06 bits per heavy atom. The van der Waals surface area contributed by atoms with Gasteiger partial charge in [0.1, 0.15) is 12.1 Å². The van der Waals surface area contributed by atoms with E-state index < -0.39 is 0 Å². The van der Waals surface area contributed by atoms with E-state index in [2.05, 4.69) is 14.9 Å². The van der Waals surface area contributed by atoms with Crippen molar-refractivity contribution in [2.24, 2.45) is 0 Å². The highest BCUT2D eigenvalue weighted by Crippen LogP contribution is 2.26. The molecule has 0 aliphatic carbocycles. The molecule has 1 aromatic heterocycles. The minimum atomic E-state index is 0.769. The average molecular weight is 228 g/mol. The summed E-state index contributed by atoms with van der Waals surface area (Å²) in [5.41, 5.74) is 7.58. The summed E-state index contributed by atoms with van der Waals surface area (Å²) in [5, 5.41) is 1.06. The first-order valence-corrected chi connectivity index (χ1v) is 6.10. The van der Waals surface area contributed by atoms with Crippen LogP contribution in [0.5, 0.6) is 0 Å². The van der Waals surface area contributed by atoms with Gasteiger partial charge in [0.25, 0.3) is 0 Å². The number of piperidine rings is 1. The standard InChI is InChI=1S/C13H16N4/c14-10-4-5-12-11(8-10)13(16-9-15-12)17-6-2-1-3-7-17/h4-5,8-9H,1-3,6-7,14H2. The lowest BCUT2D eigenvalue weighted by Crippen LogP contribution is -2.30. The number of hydrogen-bond donors (Lipinski definition) is 1. The molecule has 1 aliphatic heterocycles. The lowest BCUT2D eigenvalue weighted by atomic mass is 10.1. The number of rotatable bonds is 1. The van der Waals surface area contributed by atoms with Gasteiger partial charge in [-0.1, -0.05) is 0 Å². The van der Waals surface area contributed by atoms with Crippen LogP contribution in [-0.2, 0) is 0 Å². The van der Waals surface area contributed by atoms with Gasteiger partial charge in [0.2, 0.25) is 0 Å². The molecule has 17 heavy (non-hydrogen) atoms. The highest BCUT2D eigenvalue weighted by Gasteiger charge is 2.15. The Bertz CT molecular complexity index is 532. The number of anilines is 2. The first kappa shape index (κ1) is 10.3. The van der Waals surface area contributed by atoms with Crippen molar-refractivity contribution in [2.45, 2.75) is 19.3 Å². The molecule has 1 saturated heterocycles. The fraction of sp³-hybridized carbons (Fsp3) is 0.385. The number of nitrogens with zero attached hydrogens (tertiary/aromatic N) is 3. The summed E-state index contributed by atoms with van der Waals surface area (Å²) in [6, 6.07) is 5.81. The van der Waals surface area contributed by atoms with Gasteiger partial charge in [0.15, 0.2) is 0 Å². The van der Waals surface area contributed by atoms with Crippen molar-refractivity contribution >= 4 is 22.4 Å². The summed E-state index contributed by atoms with van der Waals surface area (Å²) in [5.74, 6) is 1.03. The first-order valence-electron chi connectivity index (χ1n) is 6.10. The predicted octanol–water partition coefficient (Wildman–Crippen LogP) is 2.20. The van der Waals surface area contributed by atoms with Crippen LogP contribution in [0.3, 0.4) is 0 Å². The zero-order valence-corrected chi connectivity index (χ0v) is 9.76. The molecule has 0 radical (unpaired) electrons. The lowest BCUT2D eigenvalue weighted by Gasteiger charge is -2.28. The molecule has 0 bridgehead atoms. The van der Waals surface area contributed by atoms with Gasteiger partial charge in [-0.25, -0.2) is 9.97 Å². The third-order valence-electron chi connectivity index (χ3n) is 3.29. The molecule has 2 heterocycles. The van der Waals surface area contributed by atoms with Crippen molar-refractivity contribution < 1.29 is 0 Å². The molecule has 2 aromatic rings. The quantitative estimate of drug-likeness (QED) is 0.760. The first-order chi connectivity index (χ1) is 8.34. The van der Waals surface area contributed by atoms with Crippen molar-refractivity contribution in [1.29, 1.82) is 0 Å². The summed E-state index contributed by atoms with van der Waals surface area (Å²) < 4.78 is 0. The summed E-state index contributed by atoms with van der Waals surface area (Å²) >= 11 is 0. The second-order valence-electron chi connectivity index (χ2n) is 4.52. The maximum atomic E-state index is 5.85. The minimum absolute atomic E-state index is 0.769. The van der Waals surface area contributed by atoms with E-state index in [1.807, 2.05) is 18.2 Å². The Kier molecular flexibility index (Phi) is 2.55. The van der Waals surface area contributed by atoms with Crippen LogP contribution in [-0.4, -0.2) is 23.1 Å². The Morgan fingerprint density at radius 2 is 1.88 bits per heavy atom. The molecule has 0 unspecified atom stereocenters. The molecule has 3 rings (SSSR count). The van der Waals surface area contributed by atoms with Gasteiger partial charge >= 0.3 is 0 Å². The topological polar surface area (TPSA) is 55.0 Å². The predicted molar refractivity (Wildman–Crippen MR) is 70.0 cm³/mol. The molecular formula is C13H16N4. The summed E-state index contributed by atoms with van der Waals surface area (Å²) in [6.45, 7) is 2.17. The fourth-order valence-electron chi connectivity index (χ4n) is 2.42. The molecule has 1 fully saturated rings. The zero-order chi connectivity index (χ0) is 11.7. The number of benzene rings is 1. The SMILES string of the molecule is Nc1ccc2ncnc(N3CCCCC3)c2c1. The van der Waals surface area contributed by atoms with E-state index in [-0.39, 0.29) is 0 Å². The molecule has 4 heteroatoms. The van der Waals surface area contributed by atoms with Crippen molar-refractivity contribution in [3.05, 3.63) is 24.5 Å². The molecule has 0 saturated carbocycles. The number of aromatic nitrogens is 2. The molecule has 0 spiro atoms. The van der Waals surface area contributed by atoms with Gasteiger partial charge in [-0.15, -0.1) is 0 Å². The highest BCUT2D eigenvalue weighted by atomic mass is 15.2. The van der Waals surface area contributed by atoms with E-state index in [0.29, 0.717) is 0 Å². The molecule has 1 aromatic carbocycles. The molecule has 88 valence electrons. The van der Waals surface area contributed by atoms with E-state index in [9.17, 15) is 0 Å². The van der Waals surface area contributed by atoms with E-state index in [0.717, 1.165) is 35.5 Å². The number of nitrogens with two attached hydrogens (primary N) is 1. The molecule has 4 nitrogen and oxygen atoms in total. The van der Waals surface area contributed by atoms with Gasteiger partial charge < -0.3 is 10.6 Å². The second kappa shape index (κ2) is 4.20. The highest BCUT2D eigenvalue weighted by molar-refractivity contribution is 5.91. The molecule has 0 amide bonds. The van der Waals surface area contributed by atoms with Crippen molar-refractivity contribution in [2.75, 3.05) is 23.7 Å². The summed E-state index contributed by atoms with van der Waals surface area (Å²) in [4.78, 5) is 11.1. The maximum Gasteiger partial charge on any atom is 0.139 e. The van der Waals surface area contributed by atoms with Crippen LogP contribution in [0.2, 0.25) is 0 Å². The van der Waals surface area contributed by atoms with Crippen LogP contribution in [0, 0.1) is 0 Å². The summed E-state index contributed by atoms with van der Waals surface area (Å²) in [7, 11) is 0. The fourth-order valence-corrected chi connectivity index (χ4v) is 2.42. The van der Waals surface area contributed by atoms with Gasteiger partial charge in [-0.05, 0) is 37.5 Å². The van der Waals surface area contributed by atoms with Crippen LogP contribution in [0.4, 0.5) is 11.5 Å². The third kappa shape index (κ3) is 1.90. The van der Waals surface area contributed by atoms with Crippen LogP contribution in [0.15, 0.2) is 24.5 Å². The molecule has 2 N–H and O–H groups in total. The molecule has 1 aliphatic rings. The van der Waals surface area contributed by atoms with Gasteiger partial charge in [0, 0.05) is 24.2 Å². The Labute approximate surface area is 100 Å². The Balaban J connectivity index is 2.11. The molecule has 0 atom stereocenters. The second-order valence-corrected chi connectivity index (χ2v) is 4.52. The Morgan fingerprint density at radius 3 is 2.71 bits per heavy atom. The maximum absolute atomic E-state index is 5.85. The minimum Gasteiger partial charge on any atom is -0.399 e. The van der Waals surface area contributed by atoms with E-state index in [1.54, 1.807) is 6.33 Å². The number of hydrogen-bond acceptors (Lipinski definition) is 4. The van der Waals surface area contributed by atoms with E-state index in [1.165, 1.54) is 19.3 Å². The smallest absolute Gasteiger partial charge is 0.139 e.